The van der Waals surface area contributed by atoms with Crippen molar-refractivity contribution in [2.75, 3.05) is 6.54 Å². The molecule has 2 heterocycles. The van der Waals surface area contributed by atoms with Gasteiger partial charge in [-0.25, -0.2) is 0 Å². The second kappa shape index (κ2) is 6.82. The Labute approximate surface area is 135 Å². The standard InChI is InChI=1S/C17H20ClNOS/c1-2-4-15(17-5-3-8-21-17)19-11-14-10-12-9-13(18)6-7-16(12)20-14/h3,5-9,14-15,19H,2,4,10-11H2,1H3. The number of thiophene rings is 1. The van der Waals surface area contributed by atoms with E-state index in [-0.39, 0.29) is 6.10 Å². The second-order valence-electron chi connectivity index (χ2n) is 5.46. The first-order chi connectivity index (χ1) is 10.3. The molecule has 0 spiro atoms. The molecular weight excluding hydrogens is 302 g/mol. The van der Waals surface area contributed by atoms with Crippen LogP contribution < -0.4 is 10.1 Å². The van der Waals surface area contributed by atoms with Gasteiger partial charge in [-0.15, -0.1) is 11.3 Å². The van der Waals surface area contributed by atoms with Crippen LogP contribution in [0.4, 0.5) is 0 Å². The molecule has 2 unspecified atom stereocenters. The van der Waals surface area contributed by atoms with Crippen molar-refractivity contribution in [2.45, 2.75) is 38.3 Å². The Kier molecular flexibility index (Phi) is 4.84. The maximum Gasteiger partial charge on any atom is 0.123 e. The van der Waals surface area contributed by atoms with Crippen LogP contribution in [0.15, 0.2) is 35.7 Å². The fourth-order valence-electron chi connectivity index (χ4n) is 2.80. The Morgan fingerprint density at radius 2 is 2.33 bits per heavy atom. The maximum atomic E-state index is 6.04. The van der Waals surface area contributed by atoms with Crippen molar-refractivity contribution in [1.29, 1.82) is 0 Å². The molecule has 1 aliphatic heterocycles. The molecule has 0 radical (unpaired) electrons. The van der Waals surface area contributed by atoms with Crippen molar-refractivity contribution in [2.24, 2.45) is 0 Å². The van der Waals surface area contributed by atoms with Crippen LogP contribution in [0.5, 0.6) is 5.75 Å². The highest BCUT2D eigenvalue weighted by Crippen LogP contribution is 2.31. The minimum absolute atomic E-state index is 0.206. The summed E-state index contributed by atoms with van der Waals surface area (Å²) in [5.41, 5.74) is 1.22. The Balaban J connectivity index is 1.58. The van der Waals surface area contributed by atoms with E-state index < -0.39 is 0 Å². The van der Waals surface area contributed by atoms with Crippen molar-refractivity contribution in [3.63, 3.8) is 0 Å². The molecule has 2 atom stereocenters. The van der Waals surface area contributed by atoms with Gasteiger partial charge in [0.25, 0.3) is 0 Å². The van der Waals surface area contributed by atoms with E-state index in [0.29, 0.717) is 6.04 Å². The predicted octanol–water partition coefficient (Wildman–Crippen LogP) is 4.84. The highest BCUT2D eigenvalue weighted by Gasteiger charge is 2.24. The van der Waals surface area contributed by atoms with Crippen molar-refractivity contribution in [3.05, 3.63) is 51.2 Å². The molecule has 0 saturated carbocycles. The van der Waals surface area contributed by atoms with E-state index >= 15 is 0 Å². The van der Waals surface area contributed by atoms with Gasteiger partial charge >= 0.3 is 0 Å². The Morgan fingerprint density at radius 3 is 3.10 bits per heavy atom. The van der Waals surface area contributed by atoms with Gasteiger partial charge in [0.1, 0.15) is 11.9 Å². The Morgan fingerprint density at radius 1 is 1.43 bits per heavy atom. The lowest BCUT2D eigenvalue weighted by atomic mass is 10.1. The minimum Gasteiger partial charge on any atom is -0.488 e. The van der Waals surface area contributed by atoms with Gasteiger partial charge in [-0.05, 0) is 41.6 Å². The highest BCUT2D eigenvalue weighted by atomic mass is 35.5. The first-order valence-electron chi connectivity index (χ1n) is 7.48. The zero-order chi connectivity index (χ0) is 14.7. The van der Waals surface area contributed by atoms with Gasteiger partial charge in [-0.2, -0.15) is 0 Å². The number of ether oxygens (including phenoxy) is 1. The molecule has 3 rings (SSSR count). The van der Waals surface area contributed by atoms with Crippen LogP contribution in [0.3, 0.4) is 0 Å². The third-order valence-corrected chi connectivity index (χ3v) is 5.04. The van der Waals surface area contributed by atoms with Crippen LogP contribution >= 0.6 is 22.9 Å². The Bertz CT molecular complexity index is 584. The molecular formula is C17H20ClNOS. The van der Waals surface area contributed by atoms with Crippen LogP contribution in [0.25, 0.3) is 0 Å². The van der Waals surface area contributed by atoms with E-state index in [4.69, 9.17) is 16.3 Å². The molecule has 0 saturated heterocycles. The van der Waals surface area contributed by atoms with Crippen LogP contribution in [-0.2, 0) is 6.42 Å². The molecule has 2 nitrogen and oxygen atoms in total. The summed E-state index contributed by atoms with van der Waals surface area (Å²) in [5.74, 6) is 0.981. The number of benzene rings is 1. The summed E-state index contributed by atoms with van der Waals surface area (Å²) in [4.78, 5) is 1.41. The summed E-state index contributed by atoms with van der Waals surface area (Å²) in [6.07, 6.45) is 3.48. The molecule has 0 aliphatic carbocycles. The summed E-state index contributed by atoms with van der Waals surface area (Å²) in [6.45, 7) is 3.10. The lowest BCUT2D eigenvalue weighted by molar-refractivity contribution is 0.220. The fraction of sp³-hybridized carbons (Fsp3) is 0.412. The minimum atomic E-state index is 0.206. The van der Waals surface area contributed by atoms with E-state index in [1.807, 2.05) is 29.5 Å². The largest absolute Gasteiger partial charge is 0.488 e. The quantitative estimate of drug-likeness (QED) is 0.822. The summed E-state index contributed by atoms with van der Waals surface area (Å²) >= 11 is 7.86. The number of hydrogen-bond acceptors (Lipinski definition) is 3. The summed E-state index contributed by atoms with van der Waals surface area (Å²) in [5, 5.41) is 6.59. The number of rotatable bonds is 6. The average molecular weight is 322 g/mol. The number of nitrogens with one attached hydrogen (secondary N) is 1. The van der Waals surface area contributed by atoms with E-state index in [1.54, 1.807) is 0 Å². The molecule has 0 fully saturated rings. The van der Waals surface area contributed by atoms with Gasteiger partial charge in [-0.3, -0.25) is 0 Å². The molecule has 0 amide bonds. The van der Waals surface area contributed by atoms with E-state index in [0.717, 1.165) is 30.2 Å². The molecule has 1 N–H and O–H groups in total. The van der Waals surface area contributed by atoms with Gasteiger partial charge < -0.3 is 10.1 Å². The van der Waals surface area contributed by atoms with Gasteiger partial charge in [0.15, 0.2) is 0 Å². The molecule has 1 aliphatic rings. The monoisotopic (exact) mass is 321 g/mol. The first-order valence-corrected chi connectivity index (χ1v) is 8.74. The molecule has 21 heavy (non-hydrogen) atoms. The summed E-state index contributed by atoms with van der Waals surface area (Å²) in [7, 11) is 0. The number of hydrogen-bond donors (Lipinski definition) is 1. The van der Waals surface area contributed by atoms with Crippen LogP contribution in [-0.4, -0.2) is 12.6 Å². The lowest BCUT2D eigenvalue weighted by Crippen LogP contribution is -2.32. The van der Waals surface area contributed by atoms with Crippen molar-refractivity contribution in [3.8, 4) is 5.75 Å². The molecule has 1 aromatic carbocycles. The van der Waals surface area contributed by atoms with E-state index in [1.165, 1.54) is 16.9 Å². The van der Waals surface area contributed by atoms with Gasteiger partial charge in [0.05, 0.1) is 0 Å². The predicted molar refractivity (Wildman–Crippen MR) is 89.5 cm³/mol. The maximum absolute atomic E-state index is 6.04. The van der Waals surface area contributed by atoms with E-state index in [9.17, 15) is 0 Å². The van der Waals surface area contributed by atoms with Gasteiger partial charge in [0.2, 0.25) is 0 Å². The average Bonchev–Trinajstić information content (AvgIpc) is 3.12. The van der Waals surface area contributed by atoms with Crippen molar-refractivity contribution in [1.82, 2.24) is 5.32 Å². The zero-order valence-electron chi connectivity index (χ0n) is 12.1. The number of fused-ring (bicyclic) bond motifs is 1. The number of halogens is 1. The van der Waals surface area contributed by atoms with Crippen LogP contribution in [0.1, 0.15) is 36.2 Å². The summed E-state index contributed by atoms with van der Waals surface area (Å²) < 4.78 is 5.99. The lowest BCUT2D eigenvalue weighted by Gasteiger charge is -2.19. The smallest absolute Gasteiger partial charge is 0.123 e. The molecule has 0 bridgehead atoms. The first kappa shape index (κ1) is 14.9. The van der Waals surface area contributed by atoms with Crippen LogP contribution in [0.2, 0.25) is 5.02 Å². The van der Waals surface area contributed by atoms with E-state index in [2.05, 4.69) is 29.8 Å². The van der Waals surface area contributed by atoms with Crippen molar-refractivity contribution >= 4 is 22.9 Å². The highest BCUT2D eigenvalue weighted by molar-refractivity contribution is 7.10. The van der Waals surface area contributed by atoms with Gasteiger partial charge in [0, 0.05) is 28.9 Å². The molecule has 4 heteroatoms. The van der Waals surface area contributed by atoms with Crippen molar-refractivity contribution < 1.29 is 4.74 Å². The second-order valence-corrected chi connectivity index (χ2v) is 6.88. The summed E-state index contributed by atoms with van der Waals surface area (Å²) in [6, 6.07) is 10.6. The fourth-order valence-corrected chi connectivity index (χ4v) is 3.83. The Hall–Kier alpha value is -1.03. The molecule has 2 aromatic rings. The SMILES string of the molecule is CCCC(NCC1Cc2cc(Cl)ccc2O1)c1cccs1. The molecule has 1 aromatic heterocycles. The molecule has 112 valence electrons. The zero-order valence-corrected chi connectivity index (χ0v) is 13.7. The third-order valence-electron chi connectivity index (χ3n) is 3.82. The van der Waals surface area contributed by atoms with Crippen LogP contribution in [0, 0.1) is 0 Å². The normalized spacial score (nSPS) is 18.3. The van der Waals surface area contributed by atoms with Gasteiger partial charge in [-0.1, -0.05) is 31.0 Å². The topological polar surface area (TPSA) is 21.3 Å². The third kappa shape index (κ3) is 3.60.